The Morgan fingerprint density at radius 1 is 0.714 bits per heavy atom. The number of carbonyl (C=O) groups is 2. The fraction of sp³-hybridized carbons (Fsp3) is 0.867. The van der Waals surface area contributed by atoms with Gasteiger partial charge in [0.1, 0.15) is 23.0 Å². The summed E-state index contributed by atoms with van der Waals surface area (Å²) < 4.78 is 0. The molecule has 0 aromatic carbocycles. The van der Waals surface area contributed by atoms with Crippen LogP contribution in [0.15, 0.2) is 0 Å². The van der Waals surface area contributed by atoms with E-state index >= 15 is 0 Å². The van der Waals surface area contributed by atoms with Gasteiger partial charge in [0.2, 0.25) is 0 Å². The molecule has 0 aliphatic carbocycles. The summed E-state index contributed by atoms with van der Waals surface area (Å²) in [5.41, 5.74) is 0. The van der Waals surface area contributed by atoms with E-state index in [4.69, 9.17) is 0 Å². The van der Waals surface area contributed by atoms with Crippen molar-refractivity contribution in [2.24, 2.45) is 0 Å². The van der Waals surface area contributed by atoms with E-state index in [1.165, 1.54) is 48.7 Å². The van der Waals surface area contributed by atoms with Crippen molar-refractivity contribution in [1.29, 1.82) is 0 Å². The zero-order valence-electron chi connectivity index (χ0n) is 12.8. The van der Waals surface area contributed by atoms with Gasteiger partial charge in [0.15, 0.2) is 11.5 Å². The zero-order valence-corrected chi connectivity index (χ0v) is 14.5. The highest BCUT2D eigenvalue weighted by Gasteiger charge is 2.27. The molecule has 0 spiro atoms. The van der Waals surface area contributed by atoms with Crippen LogP contribution in [0.25, 0.3) is 0 Å². The van der Waals surface area contributed by atoms with Crippen LogP contribution in [0.3, 0.4) is 0 Å². The summed E-state index contributed by atoms with van der Waals surface area (Å²) in [5.74, 6) is 6.79. The third kappa shape index (κ3) is 6.96. The Morgan fingerprint density at radius 3 is 1.48 bits per heavy atom. The summed E-state index contributed by atoms with van der Waals surface area (Å²) in [6.45, 7) is 1.37. The van der Waals surface area contributed by atoms with Crippen molar-refractivity contribution in [2.75, 3.05) is 47.6 Å². The van der Waals surface area contributed by atoms with Gasteiger partial charge >= 0.3 is 0 Å². The summed E-state index contributed by atoms with van der Waals surface area (Å²) in [4.78, 5) is 23.5. The molecule has 2 N–H and O–H groups in total. The van der Waals surface area contributed by atoms with Crippen LogP contribution in [-0.4, -0.2) is 59.4 Å². The lowest BCUT2D eigenvalue weighted by Crippen LogP contribution is -2.35. The molecule has 2 fully saturated rings. The first-order valence-electron chi connectivity index (χ1n) is 8.05. The molecule has 2 amide bonds. The van der Waals surface area contributed by atoms with Crippen LogP contribution >= 0.6 is 0 Å². The molecule has 2 aliphatic rings. The summed E-state index contributed by atoms with van der Waals surface area (Å²) in [5, 5.41) is 5.95. The fourth-order valence-corrected chi connectivity index (χ4v) is 7.12. The second-order valence-corrected chi connectivity index (χ2v) is 10.5. The van der Waals surface area contributed by atoms with Crippen LogP contribution in [0.1, 0.15) is 32.1 Å². The van der Waals surface area contributed by atoms with Gasteiger partial charge in [0, 0.05) is 13.1 Å². The van der Waals surface area contributed by atoms with Crippen molar-refractivity contribution in [2.45, 2.75) is 32.1 Å². The van der Waals surface area contributed by atoms with Crippen molar-refractivity contribution in [1.82, 2.24) is 10.6 Å². The number of hydrogen-bond acceptors (Lipinski definition) is 2. The highest BCUT2D eigenvalue weighted by Crippen LogP contribution is 2.13. The van der Waals surface area contributed by atoms with Gasteiger partial charge in [0.05, 0.1) is 0 Å². The topological polar surface area (TPSA) is 58.2 Å². The molecule has 0 saturated carbocycles. The van der Waals surface area contributed by atoms with Gasteiger partial charge in [-0.2, -0.15) is 0 Å². The maximum Gasteiger partial charge on any atom is 0.269 e. The van der Waals surface area contributed by atoms with Crippen LogP contribution in [-0.2, 0) is 31.4 Å². The van der Waals surface area contributed by atoms with Crippen LogP contribution in [0, 0.1) is 0 Å². The van der Waals surface area contributed by atoms with Crippen LogP contribution < -0.4 is 10.6 Å². The summed E-state index contributed by atoms with van der Waals surface area (Å²) >= 11 is 0. The van der Waals surface area contributed by atoms with E-state index in [0.29, 0.717) is 34.9 Å². The summed E-state index contributed by atoms with van der Waals surface area (Å²) in [6, 6.07) is 0. The molecule has 0 atom stereocenters. The minimum atomic E-state index is 0.194. The normalized spacial score (nSPS) is 19.8. The van der Waals surface area contributed by atoms with Crippen LogP contribution in [0.5, 0.6) is 0 Å². The molecule has 4 nitrogen and oxygen atoms in total. The maximum absolute atomic E-state index is 11.7. The van der Waals surface area contributed by atoms with Gasteiger partial charge in [-0.05, 0) is 53.9 Å². The van der Waals surface area contributed by atoms with Gasteiger partial charge in [-0.3, -0.25) is 9.59 Å². The SMILES string of the molecule is O=C(C[S+]1CCCC1)NCCCNC(=O)C[S+]1CCCC1. The van der Waals surface area contributed by atoms with Crippen molar-refractivity contribution in [3.8, 4) is 0 Å². The lowest BCUT2D eigenvalue weighted by atomic mass is 10.4. The molecule has 0 aromatic rings. The molecule has 2 rings (SSSR count). The molecule has 2 saturated heterocycles. The minimum absolute atomic E-state index is 0.194. The van der Waals surface area contributed by atoms with Crippen LogP contribution in [0.2, 0.25) is 0 Å². The Hall–Kier alpha value is -0.360. The largest absolute Gasteiger partial charge is 0.352 e. The highest BCUT2D eigenvalue weighted by atomic mass is 32.2. The molecule has 21 heavy (non-hydrogen) atoms. The van der Waals surface area contributed by atoms with E-state index in [1.54, 1.807) is 0 Å². The first kappa shape index (κ1) is 17.0. The summed E-state index contributed by atoms with van der Waals surface area (Å²) in [7, 11) is 0.688. The molecule has 0 aromatic heterocycles. The number of amides is 2. The Morgan fingerprint density at radius 2 is 1.10 bits per heavy atom. The predicted octanol–water partition coefficient (Wildman–Crippen LogP) is 0.433. The van der Waals surface area contributed by atoms with E-state index in [-0.39, 0.29) is 11.8 Å². The monoisotopic (exact) mass is 332 g/mol. The Kier molecular flexibility index (Phi) is 7.78. The maximum atomic E-state index is 11.7. The fourth-order valence-electron chi connectivity index (χ4n) is 2.73. The molecule has 2 aliphatic heterocycles. The molecule has 6 heteroatoms. The third-order valence-corrected chi connectivity index (χ3v) is 8.71. The van der Waals surface area contributed by atoms with E-state index in [1.807, 2.05) is 0 Å². The molecule has 0 unspecified atom stereocenters. The standard InChI is InChI=1S/C15H26N2O2S2/c18-14(12-20-8-1-2-9-20)16-6-5-7-17-15(19)13-21-10-3-4-11-21/h1-13H2/p+2. The van der Waals surface area contributed by atoms with Gasteiger partial charge in [-0.15, -0.1) is 0 Å². The van der Waals surface area contributed by atoms with Crippen LogP contribution in [0.4, 0.5) is 0 Å². The van der Waals surface area contributed by atoms with Crippen molar-refractivity contribution in [3.05, 3.63) is 0 Å². The first-order valence-corrected chi connectivity index (χ1v) is 11.5. The lowest BCUT2D eigenvalue weighted by Gasteiger charge is -2.06. The second-order valence-electron chi connectivity index (χ2n) is 5.80. The highest BCUT2D eigenvalue weighted by molar-refractivity contribution is 7.98. The van der Waals surface area contributed by atoms with Gasteiger partial charge in [0.25, 0.3) is 11.8 Å². The minimum Gasteiger partial charge on any atom is -0.352 e. The lowest BCUT2D eigenvalue weighted by molar-refractivity contribution is -0.118. The van der Waals surface area contributed by atoms with Gasteiger partial charge in [-0.25, -0.2) is 0 Å². The predicted molar refractivity (Wildman–Crippen MR) is 93.0 cm³/mol. The van der Waals surface area contributed by atoms with Gasteiger partial charge < -0.3 is 10.6 Å². The van der Waals surface area contributed by atoms with E-state index in [9.17, 15) is 9.59 Å². The number of nitrogens with one attached hydrogen (secondary N) is 2. The zero-order chi connectivity index (χ0) is 14.9. The van der Waals surface area contributed by atoms with E-state index in [0.717, 1.165) is 17.9 Å². The van der Waals surface area contributed by atoms with Crippen molar-refractivity contribution < 1.29 is 9.59 Å². The number of hydrogen-bond donors (Lipinski definition) is 2. The molecule has 120 valence electrons. The quantitative estimate of drug-likeness (QED) is 0.500. The van der Waals surface area contributed by atoms with Gasteiger partial charge in [-0.1, -0.05) is 0 Å². The third-order valence-electron chi connectivity index (χ3n) is 3.90. The summed E-state index contributed by atoms with van der Waals surface area (Å²) in [6.07, 6.45) is 6.02. The second kappa shape index (κ2) is 9.62. The van der Waals surface area contributed by atoms with E-state index in [2.05, 4.69) is 10.6 Å². The molecular weight excluding hydrogens is 304 g/mol. The van der Waals surface area contributed by atoms with Crippen molar-refractivity contribution in [3.63, 3.8) is 0 Å². The molecule has 0 radical (unpaired) electrons. The molecular formula is C15H28N2O2S2+2. The van der Waals surface area contributed by atoms with E-state index < -0.39 is 0 Å². The smallest absolute Gasteiger partial charge is 0.269 e. The Bertz CT molecular complexity index is 309. The first-order chi connectivity index (χ1) is 10.2. The molecule has 2 heterocycles. The Balaban J connectivity index is 1.43. The average Bonchev–Trinajstić information content (AvgIpc) is 3.12. The average molecular weight is 333 g/mol. The Labute approximate surface area is 133 Å². The molecule has 0 bridgehead atoms. The van der Waals surface area contributed by atoms with Crippen molar-refractivity contribution >= 4 is 33.6 Å². The number of rotatable bonds is 8. The number of carbonyl (C=O) groups excluding carboxylic acids is 2.